The molecule has 0 atom stereocenters. The minimum atomic E-state index is 0.0343. The van der Waals surface area contributed by atoms with Crippen molar-refractivity contribution in [3.63, 3.8) is 0 Å². The molecule has 0 aromatic carbocycles. The van der Waals surface area contributed by atoms with Gasteiger partial charge < -0.3 is 9.67 Å². The number of aliphatic hydroxyl groups is 1. The fourth-order valence-corrected chi connectivity index (χ4v) is 2.68. The second-order valence-corrected chi connectivity index (χ2v) is 4.81. The van der Waals surface area contributed by atoms with E-state index in [-0.39, 0.29) is 6.61 Å². The topological polar surface area (TPSA) is 38.1 Å². The number of nitrogens with zero attached hydrogens (tertiary/aromatic N) is 2. The third-order valence-corrected chi connectivity index (χ3v) is 3.59. The first-order chi connectivity index (χ1) is 6.79. The first-order valence-corrected chi connectivity index (χ1v) is 5.79. The van der Waals surface area contributed by atoms with Crippen molar-refractivity contribution in [2.24, 2.45) is 0 Å². The molecule has 0 saturated heterocycles. The summed E-state index contributed by atoms with van der Waals surface area (Å²) in [6.45, 7) is 0.804. The van der Waals surface area contributed by atoms with Gasteiger partial charge in [-0.25, -0.2) is 4.98 Å². The van der Waals surface area contributed by atoms with Crippen LogP contribution in [0.4, 0.5) is 0 Å². The third-order valence-electron chi connectivity index (χ3n) is 1.91. The smallest absolute Gasteiger partial charge is 0.0952 e. The maximum atomic E-state index is 9.02. The Kier molecular flexibility index (Phi) is 3.00. The average Bonchev–Trinajstić information content (AvgIpc) is 2.76. The molecule has 5 heteroatoms. The van der Waals surface area contributed by atoms with Gasteiger partial charge in [-0.05, 0) is 22.0 Å². The molecule has 0 unspecified atom stereocenters. The van der Waals surface area contributed by atoms with Crippen LogP contribution in [0.25, 0.3) is 0 Å². The largest absolute Gasteiger partial charge is 0.390 e. The van der Waals surface area contributed by atoms with Crippen molar-refractivity contribution >= 4 is 27.3 Å². The maximum absolute atomic E-state index is 9.02. The van der Waals surface area contributed by atoms with Crippen LogP contribution in [0, 0.1) is 0 Å². The van der Waals surface area contributed by atoms with Crippen molar-refractivity contribution in [3.8, 4) is 0 Å². The molecule has 0 amide bonds. The van der Waals surface area contributed by atoms with E-state index in [0.29, 0.717) is 0 Å². The number of aromatic nitrogens is 2. The van der Waals surface area contributed by atoms with E-state index in [0.717, 1.165) is 16.7 Å². The van der Waals surface area contributed by atoms with E-state index < -0.39 is 0 Å². The first kappa shape index (κ1) is 9.89. The molecule has 2 heterocycles. The van der Waals surface area contributed by atoms with Gasteiger partial charge in [0.1, 0.15) is 0 Å². The number of thiophene rings is 1. The molecule has 0 aliphatic rings. The van der Waals surface area contributed by atoms with Gasteiger partial charge in [0.05, 0.1) is 31.4 Å². The second kappa shape index (κ2) is 4.25. The summed E-state index contributed by atoms with van der Waals surface area (Å²) in [5, 5.41) is 11.1. The van der Waals surface area contributed by atoms with Crippen molar-refractivity contribution in [2.45, 2.75) is 13.2 Å². The number of aliphatic hydroxyl groups excluding tert-OH is 1. The lowest BCUT2D eigenvalue weighted by molar-refractivity contribution is 0.271. The molecule has 0 aliphatic carbocycles. The number of hydrogen-bond donors (Lipinski definition) is 1. The zero-order valence-electron chi connectivity index (χ0n) is 7.35. The Morgan fingerprint density at radius 2 is 2.43 bits per heavy atom. The Morgan fingerprint density at radius 3 is 3.07 bits per heavy atom. The highest BCUT2D eigenvalue weighted by molar-refractivity contribution is 9.10. The summed E-state index contributed by atoms with van der Waals surface area (Å²) in [6.07, 6.45) is 3.42. The van der Waals surface area contributed by atoms with Crippen LogP contribution in [-0.4, -0.2) is 14.7 Å². The quantitative estimate of drug-likeness (QED) is 0.931. The summed E-state index contributed by atoms with van der Waals surface area (Å²) in [4.78, 5) is 5.23. The van der Waals surface area contributed by atoms with Gasteiger partial charge in [0.2, 0.25) is 0 Å². The van der Waals surface area contributed by atoms with E-state index >= 15 is 0 Å². The third kappa shape index (κ3) is 2.05. The van der Waals surface area contributed by atoms with E-state index in [4.69, 9.17) is 5.11 Å². The number of rotatable bonds is 3. The van der Waals surface area contributed by atoms with Crippen LogP contribution < -0.4 is 0 Å². The van der Waals surface area contributed by atoms with Crippen molar-refractivity contribution in [3.05, 3.63) is 39.0 Å². The van der Waals surface area contributed by atoms with Crippen molar-refractivity contribution in [1.29, 1.82) is 0 Å². The van der Waals surface area contributed by atoms with Crippen LogP contribution >= 0.6 is 27.3 Å². The van der Waals surface area contributed by atoms with Crippen LogP contribution in [0.5, 0.6) is 0 Å². The van der Waals surface area contributed by atoms with Gasteiger partial charge in [0.25, 0.3) is 0 Å². The highest BCUT2D eigenvalue weighted by Crippen LogP contribution is 2.20. The minimum Gasteiger partial charge on any atom is -0.390 e. The molecule has 74 valence electrons. The Balaban J connectivity index is 2.18. The Hall–Kier alpha value is -0.650. The van der Waals surface area contributed by atoms with Gasteiger partial charge in [0, 0.05) is 14.7 Å². The second-order valence-electron chi connectivity index (χ2n) is 2.90. The van der Waals surface area contributed by atoms with Gasteiger partial charge in [-0.3, -0.25) is 0 Å². The van der Waals surface area contributed by atoms with Gasteiger partial charge in [-0.2, -0.15) is 0 Å². The molecule has 0 radical (unpaired) electrons. The number of hydrogen-bond acceptors (Lipinski definition) is 3. The van der Waals surface area contributed by atoms with E-state index in [1.165, 1.54) is 4.88 Å². The predicted octanol–water partition coefficient (Wildman–Crippen LogP) is 2.25. The predicted molar refractivity (Wildman–Crippen MR) is 59.3 cm³/mol. The van der Waals surface area contributed by atoms with E-state index in [9.17, 15) is 0 Å². The van der Waals surface area contributed by atoms with Crippen LogP contribution in [0.2, 0.25) is 0 Å². The molecule has 0 bridgehead atoms. The van der Waals surface area contributed by atoms with Crippen molar-refractivity contribution < 1.29 is 5.11 Å². The Labute approximate surface area is 94.2 Å². The molecule has 2 aromatic rings. The molecule has 0 saturated carbocycles. The lowest BCUT2D eigenvalue weighted by Gasteiger charge is -2.03. The molecular formula is C9H9BrN2OS. The summed E-state index contributed by atoms with van der Waals surface area (Å²) < 4.78 is 3.04. The molecule has 3 nitrogen and oxygen atoms in total. The zero-order valence-corrected chi connectivity index (χ0v) is 9.75. The SMILES string of the molecule is OCc1cncn1Cc1cc(Br)cs1. The Morgan fingerprint density at radius 1 is 1.57 bits per heavy atom. The number of imidazole rings is 1. The lowest BCUT2D eigenvalue weighted by Crippen LogP contribution is -2.01. The summed E-state index contributed by atoms with van der Waals surface area (Å²) >= 11 is 5.10. The molecule has 2 rings (SSSR count). The highest BCUT2D eigenvalue weighted by atomic mass is 79.9. The van der Waals surface area contributed by atoms with Crippen LogP contribution in [-0.2, 0) is 13.2 Å². The standard InChI is InChI=1S/C9H9BrN2OS/c10-7-1-9(14-5-7)3-12-6-11-2-8(12)4-13/h1-2,5-6,13H,3-4H2. The van der Waals surface area contributed by atoms with Crippen LogP contribution in [0.1, 0.15) is 10.6 Å². The Bertz CT molecular complexity index is 424. The van der Waals surface area contributed by atoms with Crippen molar-refractivity contribution in [1.82, 2.24) is 9.55 Å². The monoisotopic (exact) mass is 272 g/mol. The van der Waals surface area contributed by atoms with Gasteiger partial charge >= 0.3 is 0 Å². The fraction of sp³-hybridized carbons (Fsp3) is 0.222. The maximum Gasteiger partial charge on any atom is 0.0952 e. The van der Waals surface area contributed by atoms with Crippen LogP contribution in [0.15, 0.2) is 28.4 Å². The first-order valence-electron chi connectivity index (χ1n) is 4.12. The summed E-state index contributed by atoms with van der Waals surface area (Å²) in [5.74, 6) is 0. The average molecular weight is 273 g/mol. The summed E-state index contributed by atoms with van der Waals surface area (Å²) in [5.41, 5.74) is 0.842. The summed E-state index contributed by atoms with van der Waals surface area (Å²) in [7, 11) is 0. The highest BCUT2D eigenvalue weighted by Gasteiger charge is 2.03. The van der Waals surface area contributed by atoms with Crippen molar-refractivity contribution in [2.75, 3.05) is 0 Å². The molecule has 0 fully saturated rings. The molecule has 1 N–H and O–H groups in total. The molecular weight excluding hydrogens is 264 g/mol. The van der Waals surface area contributed by atoms with Crippen LogP contribution in [0.3, 0.4) is 0 Å². The minimum absolute atomic E-state index is 0.0343. The molecule has 0 spiro atoms. The lowest BCUT2D eigenvalue weighted by atomic mass is 10.4. The zero-order chi connectivity index (χ0) is 9.97. The summed E-state index contributed by atoms with van der Waals surface area (Å²) in [6, 6.07) is 2.08. The van der Waals surface area contributed by atoms with Gasteiger partial charge in [0.15, 0.2) is 0 Å². The molecule has 0 aliphatic heterocycles. The fourth-order valence-electron chi connectivity index (χ4n) is 1.23. The van der Waals surface area contributed by atoms with E-state index in [2.05, 4.69) is 27.0 Å². The normalized spacial score (nSPS) is 10.7. The van der Waals surface area contributed by atoms with E-state index in [1.54, 1.807) is 23.9 Å². The molecule has 14 heavy (non-hydrogen) atoms. The van der Waals surface area contributed by atoms with Gasteiger partial charge in [-0.1, -0.05) is 0 Å². The number of halogens is 1. The van der Waals surface area contributed by atoms with E-state index in [1.807, 2.05) is 9.95 Å². The molecule has 2 aromatic heterocycles. The van der Waals surface area contributed by atoms with Gasteiger partial charge in [-0.15, -0.1) is 11.3 Å².